The van der Waals surface area contributed by atoms with Crippen molar-refractivity contribution in [1.82, 2.24) is 5.32 Å². The highest BCUT2D eigenvalue weighted by atomic mass is 19.4. The molecule has 0 bridgehead atoms. The Hall–Kier alpha value is -0.290. The molecule has 0 spiro atoms. The Morgan fingerprint density at radius 2 is 1.88 bits per heavy atom. The van der Waals surface area contributed by atoms with Gasteiger partial charge in [0.1, 0.15) is 0 Å². The van der Waals surface area contributed by atoms with Crippen molar-refractivity contribution in [2.75, 3.05) is 13.2 Å². The summed E-state index contributed by atoms with van der Waals surface area (Å²) in [6.07, 6.45) is 0.0733. The molecule has 0 heterocycles. The molecule has 5 heteroatoms. The fourth-order valence-corrected chi connectivity index (χ4v) is 1.90. The molecule has 0 aromatic carbocycles. The number of nitrogens with one attached hydrogen (secondary N) is 1. The lowest BCUT2D eigenvalue weighted by molar-refractivity contribution is -0.213. The van der Waals surface area contributed by atoms with Crippen molar-refractivity contribution in [3.63, 3.8) is 0 Å². The summed E-state index contributed by atoms with van der Waals surface area (Å²) in [5.41, 5.74) is 0. The van der Waals surface area contributed by atoms with Crippen LogP contribution in [0, 0.1) is 0 Å². The summed E-state index contributed by atoms with van der Waals surface area (Å²) in [6, 6.07) is 0.471. The maximum Gasteiger partial charge on any atom is 0.414 e. The second-order valence-corrected chi connectivity index (χ2v) is 4.34. The SMILES string of the molecule is CC(OCCNC1CCCCC1)C(F)(F)F. The number of halogens is 3. The van der Waals surface area contributed by atoms with Crippen LogP contribution in [-0.4, -0.2) is 31.5 Å². The van der Waals surface area contributed by atoms with Gasteiger partial charge in [0.05, 0.1) is 6.61 Å². The van der Waals surface area contributed by atoms with Crippen LogP contribution in [0.15, 0.2) is 0 Å². The third kappa shape index (κ3) is 5.16. The van der Waals surface area contributed by atoms with Gasteiger partial charge in [-0.25, -0.2) is 0 Å². The quantitative estimate of drug-likeness (QED) is 0.745. The summed E-state index contributed by atoms with van der Waals surface area (Å²) >= 11 is 0. The molecule has 0 aromatic rings. The number of rotatable bonds is 5. The minimum Gasteiger partial charge on any atom is -0.368 e. The van der Waals surface area contributed by atoms with E-state index in [9.17, 15) is 13.2 Å². The third-order valence-corrected chi connectivity index (χ3v) is 2.97. The molecule has 16 heavy (non-hydrogen) atoms. The van der Waals surface area contributed by atoms with Gasteiger partial charge < -0.3 is 10.1 Å². The summed E-state index contributed by atoms with van der Waals surface area (Å²) in [5.74, 6) is 0. The van der Waals surface area contributed by atoms with Gasteiger partial charge in [0.15, 0.2) is 6.10 Å². The molecule has 1 N–H and O–H groups in total. The van der Waals surface area contributed by atoms with Crippen LogP contribution in [0.4, 0.5) is 13.2 Å². The second-order valence-electron chi connectivity index (χ2n) is 4.34. The number of hydrogen-bond acceptors (Lipinski definition) is 2. The van der Waals surface area contributed by atoms with Gasteiger partial charge in [-0.1, -0.05) is 19.3 Å². The van der Waals surface area contributed by atoms with Crippen molar-refractivity contribution in [3.8, 4) is 0 Å². The van der Waals surface area contributed by atoms with Crippen molar-refractivity contribution in [1.29, 1.82) is 0 Å². The lowest BCUT2D eigenvalue weighted by Gasteiger charge is -2.23. The molecule has 2 nitrogen and oxygen atoms in total. The van der Waals surface area contributed by atoms with Gasteiger partial charge in [0, 0.05) is 12.6 Å². The molecule has 0 radical (unpaired) electrons. The molecule has 0 saturated heterocycles. The first-order chi connectivity index (χ1) is 7.50. The van der Waals surface area contributed by atoms with Crippen molar-refractivity contribution >= 4 is 0 Å². The average molecular weight is 239 g/mol. The smallest absolute Gasteiger partial charge is 0.368 e. The van der Waals surface area contributed by atoms with Gasteiger partial charge in [0.25, 0.3) is 0 Å². The molecule has 1 unspecified atom stereocenters. The maximum absolute atomic E-state index is 12.1. The lowest BCUT2D eigenvalue weighted by atomic mass is 9.96. The van der Waals surface area contributed by atoms with E-state index in [4.69, 9.17) is 4.74 Å². The Balaban J connectivity index is 2.02. The Bertz CT molecular complexity index is 190. The first-order valence-electron chi connectivity index (χ1n) is 5.92. The van der Waals surface area contributed by atoms with E-state index in [1.165, 1.54) is 19.3 Å². The molecular weight excluding hydrogens is 219 g/mol. The minimum absolute atomic E-state index is 0.122. The van der Waals surface area contributed by atoms with Crippen LogP contribution in [0.1, 0.15) is 39.0 Å². The van der Waals surface area contributed by atoms with Gasteiger partial charge in [0.2, 0.25) is 0 Å². The molecule has 1 saturated carbocycles. The van der Waals surface area contributed by atoms with Crippen LogP contribution in [0.3, 0.4) is 0 Å². The summed E-state index contributed by atoms with van der Waals surface area (Å²) in [7, 11) is 0. The van der Waals surface area contributed by atoms with Crippen molar-refractivity contribution in [3.05, 3.63) is 0 Å². The van der Waals surface area contributed by atoms with E-state index in [0.717, 1.165) is 19.8 Å². The van der Waals surface area contributed by atoms with E-state index in [-0.39, 0.29) is 6.61 Å². The average Bonchev–Trinajstić information content (AvgIpc) is 2.24. The van der Waals surface area contributed by atoms with Crippen LogP contribution in [0.25, 0.3) is 0 Å². The molecule has 96 valence electrons. The maximum atomic E-state index is 12.1. The normalized spacial score (nSPS) is 21.0. The molecule has 0 aromatic heterocycles. The molecule has 0 amide bonds. The number of ether oxygens (including phenoxy) is 1. The summed E-state index contributed by atoms with van der Waals surface area (Å²) < 4.78 is 41.0. The van der Waals surface area contributed by atoms with Gasteiger partial charge in [-0.15, -0.1) is 0 Å². The topological polar surface area (TPSA) is 21.3 Å². The number of alkyl halides is 3. The minimum atomic E-state index is -4.25. The first-order valence-corrected chi connectivity index (χ1v) is 5.92. The van der Waals surface area contributed by atoms with Crippen LogP contribution in [-0.2, 0) is 4.74 Å². The molecule has 1 aliphatic rings. The van der Waals surface area contributed by atoms with Crippen molar-refractivity contribution < 1.29 is 17.9 Å². The van der Waals surface area contributed by atoms with E-state index < -0.39 is 12.3 Å². The predicted octanol–water partition coefficient (Wildman–Crippen LogP) is 2.88. The van der Waals surface area contributed by atoms with E-state index in [1.54, 1.807) is 0 Å². The molecule has 1 rings (SSSR count). The van der Waals surface area contributed by atoms with E-state index in [2.05, 4.69) is 5.32 Å². The Morgan fingerprint density at radius 1 is 1.25 bits per heavy atom. The fourth-order valence-electron chi connectivity index (χ4n) is 1.90. The van der Waals surface area contributed by atoms with Crippen LogP contribution in [0.2, 0.25) is 0 Å². The van der Waals surface area contributed by atoms with E-state index >= 15 is 0 Å². The van der Waals surface area contributed by atoms with E-state index in [1.807, 2.05) is 0 Å². The van der Waals surface area contributed by atoms with Crippen molar-refractivity contribution in [2.24, 2.45) is 0 Å². The van der Waals surface area contributed by atoms with Gasteiger partial charge in [-0.3, -0.25) is 0 Å². The Kier molecular flexibility index (Phi) is 5.55. The third-order valence-electron chi connectivity index (χ3n) is 2.97. The zero-order valence-electron chi connectivity index (χ0n) is 9.65. The zero-order chi connectivity index (χ0) is 12.0. The summed E-state index contributed by atoms with van der Waals surface area (Å²) in [4.78, 5) is 0. The van der Waals surface area contributed by atoms with E-state index in [0.29, 0.717) is 12.6 Å². The monoisotopic (exact) mass is 239 g/mol. The van der Waals surface area contributed by atoms with Gasteiger partial charge >= 0.3 is 6.18 Å². The molecule has 1 aliphatic carbocycles. The zero-order valence-corrected chi connectivity index (χ0v) is 9.65. The Labute approximate surface area is 94.5 Å². The molecule has 1 atom stereocenters. The largest absolute Gasteiger partial charge is 0.414 e. The van der Waals surface area contributed by atoms with Crippen LogP contribution >= 0.6 is 0 Å². The standard InChI is InChI=1S/C11H20F3NO/c1-9(11(12,13)14)16-8-7-15-10-5-3-2-4-6-10/h9-10,15H,2-8H2,1H3. The summed E-state index contributed by atoms with van der Waals surface area (Å²) in [6.45, 7) is 1.67. The highest BCUT2D eigenvalue weighted by Gasteiger charge is 2.36. The summed E-state index contributed by atoms with van der Waals surface area (Å²) in [5, 5.41) is 3.24. The van der Waals surface area contributed by atoms with Crippen LogP contribution < -0.4 is 5.32 Å². The van der Waals surface area contributed by atoms with Crippen LogP contribution in [0.5, 0.6) is 0 Å². The van der Waals surface area contributed by atoms with Gasteiger partial charge in [-0.2, -0.15) is 13.2 Å². The second kappa shape index (κ2) is 6.45. The van der Waals surface area contributed by atoms with Crippen molar-refractivity contribution in [2.45, 2.75) is 57.3 Å². The lowest BCUT2D eigenvalue weighted by Crippen LogP contribution is -2.36. The fraction of sp³-hybridized carbons (Fsp3) is 1.00. The van der Waals surface area contributed by atoms with Gasteiger partial charge in [-0.05, 0) is 19.8 Å². The molecule has 0 aliphatic heterocycles. The predicted molar refractivity (Wildman–Crippen MR) is 56.3 cm³/mol. The highest BCUT2D eigenvalue weighted by molar-refractivity contribution is 4.71. The molecule has 1 fully saturated rings. The Morgan fingerprint density at radius 3 is 2.44 bits per heavy atom. The first kappa shape index (κ1) is 13.8. The molecular formula is C11H20F3NO. The number of hydrogen-bond donors (Lipinski definition) is 1. The highest BCUT2D eigenvalue weighted by Crippen LogP contribution is 2.22.